The number of pyridine rings is 1. The summed E-state index contributed by atoms with van der Waals surface area (Å²) in [4.78, 5) is 6.91. The van der Waals surface area contributed by atoms with E-state index < -0.39 is 0 Å². The minimum Gasteiger partial charge on any atom is -0.467 e. The lowest BCUT2D eigenvalue weighted by atomic mass is 10.0. The fourth-order valence-corrected chi connectivity index (χ4v) is 2.99. The van der Waals surface area contributed by atoms with Crippen LogP contribution in [-0.4, -0.2) is 23.2 Å². The van der Waals surface area contributed by atoms with E-state index in [1.54, 1.807) is 6.26 Å². The molecule has 1 aliphatic rings. The second-order valence-electron chi connectivity index (χ2n) is 5.99. The number of hydrogen-bond acceptors (Lipinski definition) is 4. The molecular weight excluding hydrogens is 308 g/mol. The van der Waals surface area contributed by atoms with Crippen LogP contribution in [-0.2, 0) is 6.54 Å². The van der Waals surface area contributed by atoms with E-state index in [0.717, 1.165) is 36.3 Å². The van der Waals surface area contributed by atoms with E-state index >= 15 is 0 Å². The lowest BCUT2D eigenvalue weighted by Gasteiger charge is -2.31. The van der Waals surface area contributed by atoms with Crippen molar-refractivity contribution in [2.75, 3.05) is 23.3 Å². The van der Waals surface area contributed by atoms with Crippen LogP contribution in [0.2, 0.25) is 0 Å². The zero-order valence-corrected chi connectivity index (χ0v) is 14.1. The van der Waals surface area contributed by atoms with Crippen molar-refractivity contribution in [2.45, 2.75) is 26.3 Å². The Morgan fingerprint density at radius 3 is 3.04 bits per heavy atom. The maximum absolute atomic E-state index is 5.28. The third-order valence-electron chi connectivity index (χ3n) is 3.99. The summed E-state index contributed by atoms with van der Waals surface area (Å²) in [5.41, 5.74) is 0.885. The van der Waals surface area contributed by atoms with Crippen molar-refractivity contribution in [1.82, 2.24) is 10.3 Å². The van der Waals surface area contributed by atoms with Crippen molar-refractivity contribution in [2.24, 2.45) is 5.92 Å². The molecule has 0 aromatic carbocycles. The highest BCUT2D eigenvalue weighted by atomic mass is 32.1. The van der Waals surface area contributed by atoms with E-state index in [-0.39, 0.29) is 0 Å². The molecule has 1 atom stereocenters. The quantitative estimate of drug-likeness (QED) is 0.838. The first kappa shape index (κ1) is 15.8. The first-order valence-electron chi connectivity index (χ1n) is 7.99. The summed E-state index contributed by atoms with van der Waals surface area (Å²) in [6.45, 7) is 5.04. The first-order chi connectivity index (χ1) is 11.2. The number of furan rings is 1. The molecule has 1 saturated heterocycles. The second kappa shape index (κ2) is 7.46. The van der Waals surface area contributed by atoms with Gasteiger partial charge in [-0.2, -0.15) is 0 Å². The van der Waals surface area contributed by atoms with E-state index in [1.165, 1.54) is 12.8 Å². The molecule has 0 aliphatic carbocycles. The van der Waals surface area contributed by atoms with Crippen LogP contribution in [0, 0.1) is 5.92 Å². The van der Waals surface area contributed by atoms with Gasteiger partial charge >= 0.3 is 0 Å². The van der Waals surface area contributed by atoms with Gasteiger partial charge in [-0.3, -0.25) is 0 Å². The molecule has 3 heterocycles. The summed E-state index contributed by atoms with van der Waals surface area (Å²) in [5.74, 6) is 2.63. The summed E-state index contributed by atoms with van der Waals surface area (Å²) in [6, 6.07) is 7.83. The summed E-state index contributed by atoms with van der Waals surface area (Å²) >= 11 is 5.28. The molecule has 0 unspecified atom stereocenters. The Kier molecular flexibility index (Phi) is 5.12. The smallest absolute Gasteiger partial charge is 0.171 e. The molecule has 2 N–H and O–H groups in total. The van der Waals surface area contributed by atoms with Gasteiger partial charge in [-0.1, -0.05) is 6.92 Å². The van der Waals surface area contributed by atoms with Crippen molar-refractivity contribution in [3.63, 3.8) is 0 Å². The molecule has 5 nitrogen and oxygen atoms in total. The monoisotopic (exact) mass is 330 g/mol. The van der Waals surface area contributed by atoms with Crippen LogP contribution >= 0.6 is 12.2 Å². The van der Waals surface area contributed by atoms with Crippen molar-refractivity contribution in [1.29, 1.82) is 0 Å². The van der Waals surface area contributed by atoms with Gasteiger partial charge in [-0.05, 0) is 55.2 Å². The topological polar surface area (TPSA) is 53.3 Å². The number of anilines is 2. The predicted octanol–water partition coefficient (Wildman–Crippen LogP) is 3.40. The highest BCUT2D eigenvalue weighted by molar-refractivity contribution is 7.80. The van der Waals surface area contributed by atoms with Crippen molar-refractivity contribution >= 4 is 28.8 Å². The molecule has 1 aliphatic heterocycles. The SMILES string of the molecule is C[C@H]1CCCN(c2ccc(NC(=S)NCc3ccco3)cn2)C1. The molecule has 6 heteroatoms. The van der Waals surface area contributed by atoms with Crippen LogP contribution in [0.3, 0.4) is 0 Å². The summed E-state index contributed by atoms with van der Waals surface area (Å²) in [6.07, 6.45) is 6.03. The zero-order valence-electron chi connectivity index (χ0n) is 13.3. The van der Waals surface area contributed by atoms with Crippen molar-refractivity contribution < 1.29 is 4.42 Å². The molecular formula is C17H22N4OS. The van der Waals surface area contributed by atoms with Gasteiger partial charge in [0, 0.05) is 13.1 Å². The van der Waals surface area contributed by atoms with Gasteiger partial charge in [0.1, 0.15) is 11.6 Å². The minimum atomic E-state index is 0.558. The summed E-state index contributed by atoms with van der Waals surface area (Å²) in [5, 5.41) is 6.80. The average Bonchev–Trinajstić information content (AvgIpc) is 3.07. The fourth-order valence-electron chi connectivity index (χ4n) is 2.80. The van der Waals surface area contributed by atoms with Gasteiger partial charge in [0.2, 0.25) is 0 Å². The Hall–Kier alpha value is -2.08. The predicted molar refractivity (Wildman–Crippen MR) is 96.6 cm³/mol. The molecule has 2 aromatic rings. The van der Waals surface area contributed by atoms with Gasteiger partial charge in [0.05, 0.1) is 24.7 Å². The number of nitrogens with zero attached hydrogens (tertiary/aromatic N) is 2. The molecule has 3 rings (SSSR count). The Bertz CT molecular complexity index is 627. The third kappa shape index (κ3) is 4.45. The van der Waals surface area contributed by atoms with Gasteiger partial charge in [-0.25, -0.2) is 4.98 Å². The number of aromatic nitrogens is 1. The molecule has 0 spiro atoms. The van der Waals surface area contributed by atoms with Gasteiger partial charge in [0.25, 0.3) is 0 Å². The third-order valence-corrected chi connectivity index (χ3v) is 4.24. The molecule has 0 bridgehead atoms. The second-order valence-corrected chi connectivity index (χ2v) is 6.39. The fraction of sp³-hybridized carbons (Fsp3) is 0.412. The molecule has 1 fully saturated rings. The van der Waals surface area contributed by atoms with E-state index in [1.807, 2.05) is 24.4 Å². The van der Waals surface area contributed by atoms with Crippen LogP contribution in [0.15, 0.2) is 41.1 Å². The molecule has 122 valence electrons. The van der Waals surface area contributed by atoms with Crippen LogP contribution in [0.5, 0.6) is 0 Å². The Morgan fingerprint density at radius 1 is 1.43 bits per heavy atom. The van der Waals surface area contributed by atoms with Crippen molar-refractivity contribution in [3.05, 3.63) is 42.5 Å². The number of nitrogens with one attached hydrogen (secondary N) is 2. The molecule has 0 radical (unpaired) electrons. The largest absolute Gasteiger partial charge is 0.467 e. The average molecular weight is 330 g/mol. The van der Waals surface area contributed by atoms with Crippen LogP contribution in [0.25, 0.3) is 0 Å². The van der Waals surface area contributed by atoms with Gasteiger partial charge in [0.15, 0.2) is 5.11 Å². The van der Waals surface area contributed by atoms with Crippen LogP contribution in [0.1, 0.15) is 25.5 Å². The Balaban J connectivity index is 1.51. The van der Waals surface area contributed by atoms with Gasteiger partial charge < -0.3 is 20.0 Å². The standard InChI is InChI=1S/C17H22N4OS/c1-13-4-2-8-21(12-13)16-7-6-14(10-18-16)20-17(23)19-11-15-5-3-9-22-15/h3,5-7,9-10,13H,2,4,8,11-12H2,1H3,(H2,19,20,23)/t13-/m0/s1. The van der Waals surface area contributed by atoms with E-state index in [9.17, 15) is 0 Å². The lowest BCUT2D eigenvalue weighted by Crippen LogP contribution is -2.34. The number of rotatable bonds is 4. The zero-order chi connectivity index (χ0) is 16.1. The molecule has 0 saturated carbocycles. The van der Waals surface area contributed by atoms with E-state index in [4.69, 9.17) is 16.6 Å². The molecule has 2 aromatic heterocycles. The number of piperidine rings is 1. The minimum absolute atomic E-state index is 0.558. The highest BCUT2D eigenvalue weighted by Crippen LogP contribution is 2.22. The van der Waals surface area contributed by atoms with Crippen molar-refractivity contribution in [3.8, 4) is 0 Å². The summed E-state index contributed by atoms with van der Waals surface area (Å²) in [7, 11) is 0. The van der Waals surface area contributed by atoms with E-state index in [0.29, 0.717) is 11.7 Å². The van der Waals surface area contributed by atoms with Gasteiger partial charge in [-0.15, -0.1) is 0 Å². The number of hydrogen-bond donors (Lipinski definition) is 2. The lowest BCUT2D eigenvalue weighted by molar-refractivity contribution is 0.444. The Morgan fingerprint density at radius 2 is 2.35 bits per heavy atom. The Labute approximate surface area is 142 Å². The first-order valence-corrected chi connectivity index (χ1v) is 8.40. The number of thiocarbonyl (C=S) groups is 1. The molecule has 23 heavy (non-hydrogen) atoms. The highest BCUT2D eigenvalue weighted by Gasteiger charge is 2.17. The van der Waals surface area contributed by atoms with E-state index in [2.05, 4.69) is 33.5 Å². The van der Waals surface area contributed by atoms with Crippen LogP contribution < -0.4 is 15.5 Å². The summed E-state index contributed by atoms with van der Waals surface area (Å²) < 4.78 is 5.26. The maximum Gasteiger partial charge on any atom is 0.171 e. The molecule has 0 amide bonds. The van der Waals surface area contributed by atoms with Crippen LogP contribution in [0.4, 0.5) is 11.5 Å². The maximum atomic E-state index is 5.28. The normalized spacial score (nSPS) is 17.8.